The Balaban J connectivity index is 2.06. The first-order chi connectivity index (χ1) is 10.6. The fourth-order valence-corrected chi connectivity index (χ4v) is 2.11. The molecule has 2 rings (SSSR count). The highest BCUT2D eigenvalue weighted by Crippen LogP contribution is 2.21. The molecule has 4 heteroatoms. The van der Waals surface area contributed by atoms with Crippen LogP contribution in [-0.4, -0.2) is 12.5 Å². The lowest BCUT2D eigenvalue weighted by molar-refractivity contribution is -0.111. The molecule has 3 nitrogen and oxygen atoms in total. The molecule has 0 aromatic heterocycles. The van der Waals surface area contributed by atoms with Crippen molar-refractivity contribution in [1.82, 2.24) is 0 Å². The van der Waals surface area contributed by atoms with Gasteiger partial charge in [-0.2, -0.15) is 0 Å². The average molecular weight is 316 g/mol. The fraction of sp³-hybridized carbons (Fsp3) is 0.167. The van der Waals surface area contributed by atoms with Crippen LogP contribution in [0.15, 0.2) is 48.5 Å². The van der Waals surface area contributed by atoms with Gasteiger partial charge in [-0.15, -0.1) is 0 Å². The molecule has 0 unspecified atom stereocenters. The molecule has 0 bridgehead atoms. The molecule has 0 spiro atoms. The predicted octanol–water partition coefficient (Wildman–Crippen LogP) is 4.70. The molecule has 2 aromatic rings. The van der Waals surface area contributed by atoms with Crippen LogP contribution in [0.5, 0.6) is 5.75 Å². The van der Waals surface area contributed by atoms with Crippen LogP contribution in [0, 0.1) is 6.92 Å². The number of hydrogen-bond donors (Lipinski definition) is 1. The van der Waals surface area contributed by atoms with Crippen LogP contribution < -0.4 is 10.1 Å². The van der Waals surface area contributed by atoms with Crippen molar-refractivity contribution in [3.63, 3.8) is 0 Å². The smallest absolute Gasteiger partial charge is 0.248 e. The minimum Gasteiger partial charge on any atom is -0.493 e. The van der Waals surface area contributed by atoms with Gasteiger partial charge in [0.2, 0.25) is 5.91 Å². The van der Waals surface area contributed by atoms with Gasteiger partial charge in [-0.05, 0) is 43.7 Å². The minimum absolute atomic E-state index is 0.216. The maximum atomic E-state index is 12.0. The molecule has 0 aliphatic heterocycles. The maximum absolute atomic E-state index is 12.0. The second kappa shape index (κ2) is 7.66. The average Bonchev–Trinajstić information content (AvgIpc) is 2.50. The summed E-state index contributed by atoms with van der Waals surface area (Å²) in [4.78, 5) is 12.0. The van der Waals surface area contributed by atoms with Gasteiger partial charge in [0.15, 0.2) is 0 Å². The topological polar surface area (TPSA) is 38.3 Å². The zero-order valence-corrected chi connectivity index (χ0v) is 13.4. The normalized spacial score (nSPS) is 10.7. The zero-order chi connectivity index (χ0) is 15.9. The first-order valence-corrected chi connectivity index (χ1v) is 7.45. The Kier molecular flexibility index (Phi) is 5.61. The molecule has 0 atom stereocenters. The van der Waals surface area contributed by atoms with Crippen LogP contribution >= 0.6 is 11.6 Å². The number of nitrogens with one attached hydrogen (secondary N) is 1. The Labute approximate surface area is 135 Å². The SMILES string of the molecule is CCOc1ccccc1/C=C/C(=O)Nc1ccc(C)c(Cl)c1. The highest BCUT2D eigenvalue weighted by molar-refractivity contribution is 6.31. The number of amides is 1. The summed E-state index contributed by atoms with van der Waals surface area (Å²) in [6, 6.07) is 13.0. The number of anilines is 1. The zero-order valence-electron chi connectivity index (χ0n) is 12.6. The number of aryl methyl sites for hydroxylation is 1. The van der Waals surface area contributed by atoms with Gasteiger partial charge in [-0.1, -0.05) is 35.9 Å². The van der Waals surface area contributed by atoms with Gasteiger partial charge in [0.25, 0.3) is 0 Å². The van der Waals surface area contributed by atoms with Crippen LogP contribution in [0.4, 0.5) is 5.69 Å². The molecule has 0 saturated heterocycles. The third-order valence-electron chi connectivity index (χ3n) is 3.07. The fourth-order valence-electron chi connectivity index (χ4n) is 1.93. The van der Waals surface area contributed by atoms with Crippen molar-refractivity contribution in [3.05, 3.63) is 64.7 Å². The molecule has 22 heavy (non-hydrogen) atoms. The third kappa shape index (κ3) is 4.37. The second-order valence-electron chi connectivity index (χ2n) is 4.76. The van der Waals surface area contributed by atoms with E-state index in [1.807, 2.05) is 50.2 Å². The first kappa shape index (κ1) is 16.1. The Morgan fingerprint density at radius 3 is 2.77 bits per heavy atom. The number of ether oxygens (including phenoxy) is 1. The van der Waals surface area contributed by atoms with E-state index in [1.165, 1.54) is 6.08 Å². The lowest BCUT2D eigenvalue weighted by Crippen LogP contribution is -2.07. The Morgan fingerprint density at radius 1 is 1.27 bits per heavy atom. The van der Waals surface area contributed by atoms with E-state index in [0.29, 0.717) is 17.3 Å². The van der Waals surface area contributed by atoms with E-state index in [0.717, 1.165) is 16.9 Å². The molecule has 0 radical (unpaired) electrons. The number of carbonyl (C=O) groups is 1. The van der Waals surface area contributed by atoms with E-state index >= 15 is 0 Å². The van der Waals surface area contributed by atoms with Crippen LogP contribution in [0.3, 0.4) is 0 Å². The molecule has 1 N–H and O–H groups in total. The molecular formula is C18H18ClNO2. The van der Waals surface area contributed by atoms with Gasteiger partial charge in [-0.25, -0.2) is 0 Å². The number of carbonyl (C=O) groups excluding carboxylic acids is 1. The van der Waals surface area contributed by atoms with Gasteiger partial charge < -0.3 is 10.1 Å². The molecule has 0 aliphatic rings. The van der Waals surface area contributed by atoms with E-state index in [-0.39, 0.29) is 5.91 Å². The summed E-state index contributed by atoms with van der Waals surface area (Å²) in [7, 11) is 0. The first-order valence-electron chi connectivity index (χ1n) is 7.07. The van der Waals surface area contributed by atoms with Gasteiger partial charge >= 0.3 is 0 Å². The highest BCUT2D eigenvalue weighted by atomic mass is 35.5. The Bertz CT molecular complexity index is 695. The molecule has 2 aromatic carbocycles. The number of benzene rings is 2. The second-order valence-corrected chi connectivity index (χ2v) is 5.16. The lowest BCUT2D eigenvalue weighted by Gasteiger charge is -2.07. The summed E-state index contributed by atoms with van der Waals surface area (Å²) in [5.74, 6) is 0.540. The van der Waals surface area contributed by atoms with Crippen molar-refractivity contribution < 1.29 is 9.53 Å². The largest absolute Gasteiger partial charge is 0.493 e. The Morgan fingerprint density at radius 2 is 2.05 bits per heavy atom. The van der Waals surface area contributed by atoms with E-state index in [4.69, 9.17) is 16.3 Å². The summed E-state index contributed by atoms with van der Waals surface area (Å²) in [6.07, 6.45) is 3.21. The molecule has 0 aliphatic carbocycles. The summed E-state index contributed by atoms with van der Waals surface area (Å²) in [5, 5.41) is 3.41. The quantitative estimate of drug-likeness (QED) is 0.812. The van der Waals surface area contributed by atoms with Crippen LogP contribution in [-0.2, 0) is 4.79 Å². The van der Waals surface area contributed by atoms with Crippen LogP contribution in [0.25, 0.3) is 6.08 Å². The van der Waals surface area contributed by atoms with Crippen molar-refractivity contribution in [2.24, 2.45) is 0 Å². The monoisotopic (exact) mass is 315 g/mol. The van der Waals surface area contributed by atoms with E-state index < -0.39 is 0 Å². The Hall–Kier alpha value is -2.26. The van der Waals surface area contributed by atoms with Crippen molar-refractivity contribution in [2.45, 2.75) is 13.8 Å². The maximum Gasteiger partial charge on any atom is 0.248 e. The van der Waals surface area contributed by atoms with Crippen molar-refractivity contribution in [2.75, 3.05) is 11.9 Å². The predicted molar refractivity (Wildman–Crippen MR) is 91.5 cm³/mol. The van der Waals surface area contributed by atoms with E-state index in [1.54, 1.807) is 12.1 Å². The van der Waals surface area contributed by atoms with Gasteiger partial charge in [-0.3, -0.25) is 4.79 Å². The summed E-state index contributed by atoms with van der Waals surface area (Å²) in [6.45, 7) is 4.42. The van der Waals surface area contributed by atoms with Crippen molar-refractivity contribution in [3.8, 4) is 5.75 Å². The molecule has 114 valence electrons. The van der Waals surface area contributed by atoms with Crippen molar-refractivity contribution in [1.29, 1.82) is 0 Å². The lowest BCUT2D eigenvalue weighted by atomic mass is 10.2. The van der Waals surface area contributed by atoms with Gasteiger partial charge in [0, 0.05) is 22.3 Å². The summed E-state index contributed by atoms with van der Waals surface area (Å²) in [5.41, 5.74) is 2.51. The molecule has 1 amide bonds. The molecule has 0 saturated carbocycles. The van der Waals surface area contributed by atoms with E-state index in [9.17, 15) is 4.79 Å². The van der Waals surface area contributed by atoms with Gasteiger partial charge in [0.05, 0.1) is 6.61 Å². The number of rotatable bonds is 5. The molecule has 0 fully saturated rings. The van der Waals surface area contributed by atoms with E-state index in [2.05, 4.69) is 5.32 Å². The number of para-hydroxylation sites is 1. The van der Waals surface area contributed by atoms with Crippen molar-refractivity contribution >= 4 is 29.3 Å². The number of halogens is 1. The molecule has 0 heterocycles. The third-order valence-corrected chi connectivity index (χ3v) is 3.48. The summed E-state index contributed by atoms with van der Waals surface area (Å²) >= 11 is 6.04. The summed E-state index contributed by atoms with van der Waals surface area (Å²) < 4.78 is 5.52. The minimum atomic E-state index is -0.216. The highest BCUT2D eigenvalue weighted by Gasteiger charge is 2.02. The molecular weight excluding hydrogens is 298 g/mol. The number of hydrogen-bond acceptors (Lipinski definition) is 2. The van der Waals surface area contributed by atoms with Crippen LogP contribution in [0.2, 0.25) is 5.02 Å². The van der Waals surface area contributed by atoms with Gasteiger partial charge in [0.1, 0.15) is 5.75 Å². The standard InChI is InChI=1S/C18H18ClNO2/c1-3-22-17-7-5-4-6-14(17)9-11-18(21)20-15-10-8-13(2)16(19)12-15/h4-12H,3H2,1-2H3,(H,20,21)/b11-9+. The van der Waals surface area contributed by atoms with Crippen LogP contribution in [0.1, 0.15) is 18.1 Å².